The standard InChI is InChI=1S/C10H18N4O2/c1-4-6(3)7(11)10-13-8(14-16-10)9(15)12-5-2/h6-7H,4-5,11H2,1-3H3,(H,12,15)/t6-,7-/m0/s1. The first-order chi connectivity index (χ1) is 7.60. The number of aromatic nitrogens is 2. The molecule has 6 heteroatoms. The van der Waals surface area contributed by atoms with Crippen molar-refractivity contribution in [2.75, 3.05) is 6.54 Å². The lowest BCUT2D eigenvalue weighted by molar-refractivity contribution is 0.0942. The third-order valence-electron chi connectivity index (χ3n) is 2.52. The number of hydrogen-bond acceptors (Lipinski definition) is 5. The highest BCUT2D eigenvalue weighted by atomic mass is 16.5. The van der Waals surface area contributed by atoms with Crippen molar-refractivity contribution in [2.45, 2.75) is 33.2 Å². The lowest BCUT2D eigenvalue weighted by Gasteiger charge is -2.12. The minimum atomic E-state index is -0.339. The van der Waals surface area contributed by atoms with Crippen LogP contribution in [0.25, 0.3) is 0 Å². The first kappa shape index (κ1) is 12.6. The summed E-state index contributed by atoms with van der Waals surface area (Å²) in [6.45, 7) is 6.39. The minimum absolute atomic E-state index is 0.0376. The highest BCUT2D eigenvalue weighted by Gasteiger charge is 2.22. The Morgan fingerprint density at radius 1 is 1.56 bits per heavy atom. The van der Waals surface area contributed by atoms with Crippen LogP contribution in [-0.4, -0.2) is 22.6 Å². The number of nitrogens with one attached hydrogen (secondary N) is 1. The molecule has 1 aromatic heterocycles. The Bertz CT molecular complexity index is 350. The monoisotopic (exact) mass is 226 g/mol. The van der Waals surface area contributed by atoms with Crippen LogP contribution in [-0.2, 0) is 0 Å². The molecular formula is C10H18N4O2. The molecule has 0 fully saturated rings. The van der Waals surface area contributed by atoms with Crippen LogP contribution in [0.15, 0.2) is 4.52 Å². The largest absolute Gasteiger partial charge is 0.349 e. The van der Waals surface area contributed by atoms with Crippen LogP contribution in [0, 0.1) is 5.92 Å². The topological polar surface area (TPSA) is 94.0 Å². The van der Waals surface area contributed by atoms with Crippen molar-refractivity contribution in [3.05, 3.63) is 11.7 Å². The Balaban J connectivity index is 2.74. The van der Waals surface area contributed by atoms with Crippen molar-refractivity contribution in [1.29, 1.82) is 0 Å². The average Bonchev–Trinajstić information content (AvgIpc) is 2.76. The van der Waals surface area contributed by atoms with Crippen molar-refractivity contribution in [1.82, 2.24) is 15.5 Å². The summed E-state index contributed by atoms with van der Waals surface area (Å²) in [5.41, 5.74) is 5.91. The predicted octanol–water partition coefficient (Wildman–Crippen LogP) is 0.865. The molecule has 1 heterocycles. The smallest absolute Gasteiger partial charge is 0.292 e. The van der Waals surface area contributed by atoms with Gasteiger partial charge in [-0.25, -0.2) is 0 Å². The molecule has 2 atom stereocenters. The normalized spacial score (nSPS) is 14.5. The molecule has 16 heavy (non-hydrogen) atoms. The maximum absolute atomic E-state index is 11.4. The van der Waals surface area contributed by atoms with Crippen molar-refractivity contribution in [3.8, 4) is 0 Å². The van der Waals surface area contributed by atoms with Crippen molar-refractivity contribution < 1.29 is 9.32 Å². The van der Waals surface area contributed by atoms with Crippen molar-refractivity contribution >= 4 is 5.91 Å². The van der Waals surface area contributed by atoms with Gasteiger partial charge in [0.05, 0.1) is 6.04 Å². The van der Waals surface area contributed by atoms with E-state index >= 15 is 0 Å². The van der Waals surface area contributed by atoms with E-state index in [0.717, 1.165) is 6.42 Å². The predicted molar refractivity (Wildman–Crippen MR) is 58.7 cm³/mol. The molecule has 0 aliphatic carbocycles. The molecule has 0 bridgehead atoms. The second kappa shape index (κ2) is 5.60. The van der Waals surface area contributed by atoms with Gasteiger partial charge in [0.2, 0.25) is 5.89 Å². The third kappa shape index (κ3) is 2.79. The lowest BCUT2D eigenvalue weighted by Crippen LogP contribution is -2.24. The molecule has 0 saturated carbocycles. The Labute approximate surface area is 94.6 Å². The van der Waals surface area contributed by atoms with E-state index in [-0.39, 0.29) is 23.7 Å². The molecule has 1 rings (SSSR count). The fourth-order valence-corrected chi connectivity index (χ4v) is 1.20. The number of amides is 1. The fourth-order valence-electron chi connectivity index (χ4n) is 1.20. The molecule has 6 nitrogen and oxygen atoms in total. The molecule has 0 spiro atoms. The zero-order valence-electron chi connectivity index (χ0n) is 9.86. The number of carbonyl (C=O) groups excluding carboxylic acids is 1. The van der Waals surface area contributed by atoms with E-state index in [2.05, 4.69) is 15.5 Å². The molecular weight excluding hydrogens is 208 g/mol. The number of nitrogens with zero attached hydrogens (tertiary/aromatic N) is 2. The van der Waals surface area contributed by atoms with Crippen LogP contribution in [0.4, 0.5) is 0 Å². The second-order valence-electron chi connectivity index (χ2n) is 3.73. The van der Waals surface area contributed by atoms with E-state index in [9.17, 15) is 4.79 Å². The lowest BCUT2D eigenvalue weighted by atomic mass is 10.0. The van der Waals surface area contributed by atoms with Gasteiger partial charge in [-0.1, -0.05) is 25.4 Å². The Kier molecular flexibility index (Phi) is 4.42. The minimum Gasteiger partial charge on any atom is -0.349 e. The molecule has 90 valence electrons. The van der Waals surface area contributed by atoms with E-state index in [1.807, 2.05) is 20.8 Å². The average molecular weight is 226 g/mol. The summed E-state index contributed by atoms with van der Waals surface area (Å²) in [7, 11) is 0. The summed E-state index contributed by atoms with van der Waals surface area (Å²) in [4.78, 5) is 15.4. The van der Waals surface area contributed by atoms with E-state index in [1.54, 1.807) is 0 Å². The van der Waals surface area contributed by atoms with E-state index < -0.39 is 0 Å². The zero-order chi connectivity index (χ0) is 12.1. The summed E-state index contributed by atoms with van der Waals surface area (Å²) in [6.07, 6.45) is 0.917. The van der Waals surface area contributed by atoms with Crippen LogP contribution in [0.3, 0.4) is 0 Å². The number of rotatable bonds is 5. The van der Waals surface area contributed by atoms with Gasteiger partial charge in [0.1, 0.15) is 0 Å². The highest BCUT2D eigenvalue weighted by molar-refractivity contribution is 5.90. The van der Waals surface area contributed by atoms with Crippen LogP contribution in [0.5, 0.6) is 0 Å². The first-order valence-corrected chi connectivity index (χ1v) is 5.47. The third-order valence-corrected chi connectivity index (χ3v) is 2.52. The summed E-state index contributed by atoms with van der Waals surface area (Å²) < 4.78 is 4.97. The molecule has 0 saturated heterocycles. The van der Waals surface area contributed by atoms with Crippen molar-refractivity contribution in [2.24, 2.45) is 11.7 Å². The Hall–Kier alpha value is -1.43. The van der Waals surface area contributed by atoms with E-state index in [0.29, 0.717) is 12.4 Å². The zero-order valence-corrected chi connectivity index (χ0v) is 9.86. The second-order valence-corrected chi connectivity index (χ2v) is 3.73. The van der Waals surface area contributed by atoms with Gasteiger partial charge in [-0.05, 0) is 12.8 Å². The van der Waals surface area contributed by atoms with Gasteiger partial charge < -0.3 is 15.6 Å². The molecule has 0 unspecified atom stereocenters. The number of nitrogens with two attached hydrogens (primary N) is 1. The summed E-state index contributed by atoms with van der Waals surface area (Å²) >= 11 is 0. The van der Waals surface area contributed by atoms with Gasteiger partial charge in [0.25, 0.3) is 11.7 Å². The molecule has 0 aliphatic rings. The van der Waals surface area contributed by atoms with Gasteiger partial charge >= 0.3 is 0 Å². The Morgan fingerprint density at radius 3 is 2.81 bits per heavy atom. The highest BCUT2D eigenvalue weighted by Crippen LogP contribution is 2.19. The maximum atomic E-state index is 11.4. The summed E-state index contributed by atoms with van der Waals surface area (Å²) in [5, 5.41) is 6.19. The number of carbonyl (C=O) groups is 1. The van der Waals surface area contributed by atoms with Crippen LogP contribution >= 0.6 is 0 Å². The van der Waals surface area contributed by atoms with Gasteiger partial charge in [-0.3, -0.25) is 4.79 Å². The molecule has 3 N–H and O–H groups in total. The number of hydrogen-bond donors (Lipinski definition) is 2. The van der Waals surface area contributed by atoms with Gasteiger partial charge in [0.15, 0.2) is 0 Å². The van der Waals surface area contributed by atoms with Crippen LogP contribution in [0.2, 0.25) is 0 Å². The first-order valence-electron chi connectivity index (χ1n) is 5.47. The molecule has 0 aromatic carbocycles. The van der Waals surface area contributed by atoms with Gasteiger partial charge in [0, 0.05) is 6.54 Å². The van der Waals surface area contributed by atoms with Gasteiger partial charge in [-0.15, -0.1) is 0 Å². The quantitative estimate of drug-likeness (QED) is 0.776. The Morgan fingerprint density at radius 2 is 2.25 bits per heavy atom. The molecule has 1 amide bonds. The summed E-state index contributed by atoms with van der Waals surface area (Å²) in [5.74, 6) is 0.252. The molecule has 0 radical (unpaired) electrons. The SMILES string of the molecule is CCNC(=O)c1noc([C@@H](N)[C@@H](C)CC)n1. The molecule has 1 aromatic rings. The van der Waals surface area contributed by atoms with Gasteiger partial charge in [-0.2, -0.15) is 4.98 Å². The molecule has 0 aliphatic heterocycles. The van der Waals surface area contributed by atoms with Crippen LogP contribution < -0.4 is 11.1 Å². The van der Waals surface area contributed by atoms with E-state index in [4.69, 9.17) is 10.3 Å². The maximum Gasteiger partial charge on any atom is 0.292 e. The van der Waals surface area contributed by atoms with Crippen LogP contribution in [0.1, 0.15) is 49.7 Å². The van der Waals surface area contributed by atoms with Crippen molar-refractivity contribution in [3.63, 3.8) is 0 Å². The fraction of sp³-hybridized carbons (Fsp3) is 0.700. The summed E-state index contributed by atoms with van der Waals surface area (Å²) in [6, 6.07) is -0.319. The van der Waals surface area contributed by atoms with E-state index in [1.165, 1.54) is 0 Å².